The van der Waals surface area contributed by atoms with E-state index in [1.807, 2.05) is 6.07 Å². The number of hydrogen-bond donors (Lipinski definition) is 1. The van der Waals surface area contributed by atoms with Gasteiger partial charge in [-0.15, -0.1) is 0 Å². The molecule has 0 aromatic heterocycles. The van der Waals surface area contributed by atoms with Crippen LogP contribution < -0.4 is 0 Å². The fraction of sp³-hybridized carbons (Fsp3) is 0.611. The minimum atomic E-state index is -0.705. The molecule has 3 heteroatoms. The minimum Gasteiger partial charge on any atom is -0.481 e. The summed E-state index contributed by atoms with van der Waals surface area (Å²) in [5, 5.41) is 9.46. The van der Waals surface area contributed by atoms with Gasteiger partial charge in [0.1, 0.15) is 5.82 Å². The zero-order chi connectivity index (χ0) is 15.6. The van der Waals surface area contributed by atoms with Crippen LogP contribution in [-0.2, 0) is 11.2 Å². The second-order valence-electron chi connectivity index (χ2n) is 7.41. The molecule has 1 aromatic rings. The van der Waals surface area contributed by atoms with Crippen LogP contribution in [0.5, 0.6) is 0 Å². The Morgan fingerprint density at radius 3 is 2.62 bits per heavy atom. The maximum atomic E-state index is 13.3. The topological polar surface area (TPSA) is 37.3 Å². The lowest BCUT2D eigenvalue weighted by Gasteiger charge is -2.40. The van der Waals surface area contributed by atoms with E-state index in [-0.39, 0.29) is 23.1 Å². The maximum absolute atomic E-state index is 13.3. The summed E-state index contributed by atoms with van der Waals surface area (Å²) in [5.74, 6) is -0.618. The van der Waals surface area contributed by atoms with E-state index < -0.39 is 5.97 Å². The number of aliphatic carboxylic acids is 1. The summed E-state index contributed by atoms with van der Waals surface area (Å²) in [7, 11) is 0. The molecule has 0 amide bonds. The van der Waals surface area contributed by atoms with Gasteiger partial charge < -0.3 is 5.11 Å². The van der Waals surface area contributed by atoms with Gasteiger partial charge in [0.2, 0.25) is 0 Å². The molecule has 1 aromatic carbocycles. The molecule has 1 aliphatic rings. The van der Waals surface area contributed by atoms with E-state index in [1.54, 1.807) is 6.07 Å². The van der Waals surface area contributed by atoms with Gasteiger partial charge in [-0.3, -0.25) is 4.79 Å². The summed E-state index contributed by atoms with van der Waals surface area (Å²) in [6.45, 7) is 6.66. The van der Waals surface area contributed by atoms with E-state index in [2.05, 4.69) is 20.8 Å². The number of carboxylic acids is 1. The second kappa shape index (κ2) is 6.17. The van der Waals surface area contributed by atoms with Crippen molar-refractivity contribution in [1.82, 2.24) is 0 Å². The van der Waals surface area contributed by atoms with Gasteiger partial charge in [0.05, 0.1) is 5.92 Å². The van der Waals surface area contributed by atoms with Crippen molar-refractivity contribution in [3.8, 4) is 0 Å². The summed E-state index contributed by atoms with van der Waals surface area (Å²) >= 11 is 0. The fourth-order valence-electron chi connectivity index (χ4n) is 3.57. The van der Waals surface area contributed by atoms with Crippen LogP contribution in [0.4, 0.5) is 4.39 Å². The highest BCUT2D eigenvalue weighted by Gasteiger charge is 2.38. The molecule has 3 atom stereocenters. The van der Waals surface area contributed by atoms with Gasteiger partial charge in [0.25, 0.3) is 0 Å². The largest absolute Gasteiger partial charge is 0.481 e. The van der Waals surface area contributed by atoms with Crippen molar-refractivity contribution in [3.05, 3.63) is 35.6 Å². The first-order chi connectivity index (χ1) is 9.77. The van der Waals surface area contributed by atoms with Crippen molar-refractivity contribution in [2.45, 2.75) is 46.5 Å². The Bertz CT molecular complexity index is 504. The van der Waals surface area contributed by atoms with Crippen molar-refractivity contribution >= 4 is 5.97 Å². The van der Waals surface area contributed by atoms with Crippen LogP contribution in [0, 0.1) is 29.0 Å². The molecular formula is C18H25FO2. The van der Waals surface area contributed by atoms with Crippen molar-refractivity contribution in [3.63, 3.8) is 0 Å². The molecule has 116 valence electrons. The first-order valence-electron chi connectivity index (χ1n) is 7.74. The molecule has 1 fully saturated rings. The van der Waals surface area contributed by atoms with Gasteiger partial charge in [-0.05, 0) is 60.6 Å². The number of carboxylic acid groups (broad SMARTS) is 1. The first-order valence-corrected chi connectivity index (χ1v) is 7.74. The molecule has 0 radical (unpaired) electrons. The van der Waals surface area contributed by atoms with Crippen LogP contribution in [0.25, 0.3) is 0 Å². The zero-order valence-corrected chi connectivity index (χ0v) is 13.1. The highest BCUT2D eigenvalue weighted by molar-refractivity contribution is 5.70. The third-order valence-electron chi connectivity index (χ3n) is 4.91. The summed E-state index contributed by atoms with van der Waals surface area (Å²) in [5.41, 5.74) is 1.10. The van der Waals surface area contributed by atoms with Crippen molar-refractivity contribution < 1.29 is 14.3 Å². The Kier molecular flexibility index (Phi) is 4.70. The van der Waals surface area contributed by atoms with Crippen molar-refractivity contribution in [2.75, 3.05) is 0 Å². The predicted molar refractivity (Wildman–Crippen MR) is 81.5 cm³/mol. The van der Waals surface area contributed by atoms with Crippen LogP contribution >= 0.6 is 0 Å². The molecule has 2 nitrogen and oxygen atoms in total. The summed E-state index contributed by atoms with van der Waals surface area (Å²) in [4.78, 5) is 11.5. The standard InChI is InChI=1S/C18H25FO2/c1-18(2,3)14-7-8-16(17(20)21)13(11-14)9-12-5-4-6-15(19)10-12/h4-6,10,13-14,16H,7-9,11H2,1-3H3,(H,20,21). The highest BCUT2D eigenvalue weighted by atomic mass is 19.1. The molecular weight excluding hydrogens is 267 g/mol. The van der Waals surface area contributed by atoms with Crippen molar-refractivity contribution in [1.29, 1.82) is 0 Å². The quantitative estimate of drug-likeness (QED) is 0.888. The number of halogens is 1. The maximum Gasteiger partial charge on any atom is 0.306 e. The Morgan fingerprint density at radius 2 is 2.05 bits per heavy atom. The van der Waals surface area contributed by atoms with Crippen LogP contribution in [-0.4, -0.2) is 11.1 Å². The summed E-state index contributed by atoms with van der Waals surface area (Å²) < 4.78 is 13.3. The fourth-order valence-corrected chi connectivity index (χ4v) is 3.57. The van der Waals surface area contributed by atoms with E-state index in [9.17, 15) is 14.3 Å². The average molecular weight is 292 g/mol. The molecule has 0 aliphatic heterocycles. The molecule has 0 saturated heterocycles. The van der Waals surface area contributed by atoms with E-state index >= 15 is 0 Å². The molecule has 0 spiro atoms. The van der Waals surface area contributed by atoms with E-state index in [1.165, 1.54) is 12.1 Å². The second-order valence-corrected chi connectivity index (χ2v) is 7.41. The average Bonchev–Trinajstić information content (AvgIpc) is 2.37. The number of benzene rings is 1. The third kappa shape index (κ3) is 4.05. The molecule has 1 aliphatic carbocycles. The first kappa shape index (κ1) is 16.0. The minimum absolute atomic E-state index is 0.0993. The highest BCUT2D eigenvalue weighted by Crippen LogP contribution is 2.43. The Balaban J connectivity index is 2.16. The predicted octanol–water partition coefficient (Wildman–Crippen LogP) is 4.53. The van der Waals surface area contributed by atoms with Crippen LogP contribution in [0.1, 0.15) is 45.6 Å². The van der Waals surface area contributed by atoms with Gasteiger partial charge in [0.15, 0.2) is 0 Å². The zero-order valence-electron chi connectivity index (χ0n) is 13.1. The van der Waals surface area contributed by atoms with Gasteiger partial charge in [-0.2, -0.15) is 0 Å². The Morgan fingerprint density at radius 1 is 1.33 bits per heavy atom. The van der Waals surface area contributed by atoms with Crippen LogP contribution in [0.3, 0.4) is 0 Å². The number of carbonyl (C=O) groups is 1. The smallest absolute Gasteiger partial charge is 0.306 e. The van der Waals surface area contributed by atoms with E-state index in [4.69, 9.17) is 0 Å². The normalized spacial score (nSPS) is 26.6. The monoisotopic (exact) mass is 292 g/mol. The SMILES string of the molecule is CC(C)(C)C1CCC(C(=O)O)C(Cc2cccc(F)c2)C1. The Labute approximate surface area is 126 Å². The molecule has 0 bridgehead atoms. The van der Waals surface area contributed by atoms with Gasteiger partial charge in [-0.1, -0.05) is 32.9 Å². The van der Waals surface area contributed by atoms with E-state index in [0.29, 0.717) is 12.3 Å². The molecule has 0 heterocycles. The van der Waals surface area contributed by atoms with Crippen molar-refractivity contribution in [2.24, 2.45) is 23.2 Å². The Hall–Kier alpha value is -1.38. The van der Waals surface area contributed by atoms with Gasteiger partial charge in [-0.25, -0.2) is 4.39 Å². The molecule has 21 heavy (non-hydrogen) atoms. The van der Waals surface area contributed by atoms with Crippen LogP contribution in [0.15, 0.2) is 24.3 Å². The number of hydrogen-bond acceptors (Lipinski definition) is 1. The van der Waals surface area contributed by atoms with Crippen LogP contribution in [0.2, 0.25) is 0 Å². The van der Waals surface area contributed by atoms with Gasteiger partial charge in [0, 0.05) is 0 Å². The molecule has 1 N–H and O–H groups in total. The lowest BCUT2D eigenvalue weighted by Crippen LogP contribution is -2.36. The molecule has 3 unspecified atom stereocenters. The van der Waals surface area contributed by atoms with E-state index in [0.717, 1.165) is 24.8 Å². The molecule has 2 rings (SSSR count). The third-order valence-corrected chi connectivity index (χ3v) is 4.91. The summed E-state index contributed by atoms with van der Waals surface area (Å²) in [6.07, 6.45) is 3.27. The lowest BCUT2D eigenvalue weighted by molar-refractivity contribution is -0.146. The summed E-state index contributed by atoms with van der Waals surface area (Å²) in [6, 6.07) is 6.55. The number of rotatable bonds is 3. The van der Waals surface area contributed by atoms with Gasteiger partial charge >= 0.3 is 5.97 Å². The molecule has 1 saturated carbocycles. The lowest BCUT2D eigenvalue weighted by atomic mass is 9.64.